The molecule has 22 heavy (non-hydrogen) atoms. The van der Waals surface area contributed by atoms with E-state index < -0.39 is 5.60 Å². The Labute approximate surface area is 130 Å². The molecule has 2 aromatic rings. The summed E-state index contributed by atoms with van der Waals surface area (Å²) < 4.78 is 1.73. The number of nitrogens with one attached hydrogen (secondary N) is 1. The number of hydrogen-bond acceptors (Lipinski definition) is 4. The predicted molar refractivity (Wildman–Crippen MR) is 85.7 cm³/mol. The smallest absolute Gasteiger partial charge is 0.235 e. The normalized spacial score (nSPS) is 11.8. The van der Waals surface area contributed by atoms with E-state index in [4.69, 9.17) is 0 Å². The van der Waals surface area contributed by atoms with E-state index in [9.17, 15) is 9.90 Å². The fourth-order valence-corrected chi connectivity index (χ4v) is 2.78. The molecule has 2 rings (SSSR count). The first-order valence-electron chi connectivity index (χ1n) is 7.81. The molecule has 1 amide bonds. The fraction of sp³-hybridized carbons (Fsp3) is 0.562. The van der Waals surface area contributed by atoms with E-state index in [2.05, 4.69) is 15.5 Å². The number of anilines is 1. The quantitative estimate of drug-likeness (QED) is 0.824. The van der Waals surface area contributed by atoms with E-state index >= 15 is 0 Å². The number of carbonyl (C=O) groups excluding carboxylic acids is 1. The molecule has 2 N–H and O–H groups in total. The van der Waals surface area contributed by atoms with Crippen LogP contribution in [0.5, 0.6) is 0 Å². The van der Waals surface area contributed by atoms with Gasteiger partial charge in [0.25, 0.3) is 0 Å². The summed E-state index contributed by atoms with van der Waals surface area (Å²) >= 11 is 0. The molecule has 0 spiro atoms. The minimum Gasteiger partial charge on any atom is -0.389 e. The number of aromatic nitrogens is 3. The van der Waals surface area contributed by atoms with Gasteiger partial charge in [-0.15, -0.1) is 10.2 Å². The molecule has 6 nitrogen and oxygen atoms in total. The van der Waals surface area contributed by atoms with Gasteiger partial charge in [-0.3, -0.25) is 14.5 Å². The first-order valence-corrected chi connectivity index (χ1v) is 7.81. The number of pyridine rings is 1. The first-order chi connectivity index (χ1) is 10.5. The van der Waals surface area contributed by atoms with E-state index in [-0.39, 0.29) is 12.3 Å². The highest BCUT2D eigenvalue weighted by atomic mass is 16.3. The number of fused-ring (bicyclic) bond motifs is 1. The van der Waals surface area contributed by atoms with Gasteiger partial charge < -0.3 is 5.11 Å². The number of aliphatic hydroxyl groups is 1. The van der Waals surface area contributed by atoms with Crippen LogP contribution in [0, 0.1) is 6.92 Å². The van der Waals surface area contributed by atoms with Crippen molar-refractivity contribution in [3.63, 3.8) is 0 Å². The molecule has 0 saturated carbocycles. The van der Waals surface area contributed by atoms with Gasteiger partial charge in [-0.05, 0) is 37.5 Å². The van der Waals surface area contributed by atoms with E-state index in [0.29, 0.717) is 24.4 Å². The lowest BCUT2D eigenvalue weighted by atomic mass is 9.89. The summed E-state index contributed by atoms with van der Waals surface area (Å²) in [5.74, 6) is 0.148. The predicted octanol–water partition coefficient (Wildman–Crippen LogP) is 2.70. The van der Waals surface area contributed by atoms with E-state index in [1.165, 1.54) is 0 Å². The van der Waals surface area contributed by atoms with Crippen molar-refractivity contribution in [3.8, 4) is 0 Å². The number of nitrogens with zero attached hydrogens (tertiary/aromatic N) is 3. The van der Waals surface area contributed by atoms with Gasteiger partial charge in [0.05, 0.1) is 12.0 Å². The molecule has 0 saturated heterocycles. The second kappa shape index (κ2) is 6.87. The van der Waals surface area contributed by atoms with E-state index in [1.54, 1.807) is 4.40 Å². The lowest BCUT2D eigenvalue weighted by molar-refractivity contribution is -0.121. The molecule has 0 fully saturated rings. The Morgan fingerprint density at radius 3 is 2.64 bits per heavy atom. The zero-order chi connectivity index (χ0) is 16.2. The van der Waals surface area contributed by atoms with Crippen molar-refractivity contribution in [3.05, 3.63) is 23.9 Å². The fourth-order valence-electron chi connectivity index (χ4n) is 2.78. The number of carbonyl (C=O) groups is 1. The lowest BCUT2D eigenvalue weighted by Gasteiger charge is -2.26. The van der Waals surface area contributed by atoms with Crippen molar-refractivity contribution in [1.82, 2.24) is 14.6 Å². The van der Waals surface area contributed by atoms with Crippen molar-refractivity contribution < 1.29 is 9.90 Å². The van der Waals surface area contributed by atoms with Gasteiger partial charge in [-0.2, -0.15) is 0 Å². The van der Waals surface area contributed by atoms with Gasteiger partial charge in [-0.25, -0.2) is 0 Å². The maximum atomic E-state index is 12.2. The Morgan fingerprint density at radius 2 is 2.00 bits per heavy atom. The Bertz CT molecular complexity index is 645. The molecular weight excluding hydrogens is 280 g/mol. The molecule has 0 aliphatic rings. The highest BCUT2D eigenvalue weighted by Crippen LogP contribution is 2.24. The number of aryl methyl sites for hydroxylation is 1. The van der Waals surface area contributed by atoms with Gasteiger partial charge in [0.2, 0.25) is 11.9 Å². The highest BCUT2D eigenvalue weighted by Gasteiger charge is 2.28. The third-order valence-corrected chi connectivity index (χ3v) is 3.74. The number of rotatable bonds is 7. The first kappa shape index (κ1) is 16.4. The summed E-state index contributed by atoms with van der Waals surface area (Å²) in [4.78, 5) is 12.2. The van der Waals surface area contributed by atoms with Crippen LogP contribution in [-0.2, 0) is 4.79 Å². The van der Waals surface area contributed by atoms with Crippen LogP contribution >= 0.6 is 0 Å². The zero-order valence-corrected chi connectivity index (χ0v) is 13.5. The standard InChI is InChI=1S/C16H24N4O2/c1-4-7-16(22,8-5-2)11-14(21)17-15-19-18-13-10-12(3)6-9-20(13)15/h6,9-10,22H,4-5,7-8,11H2,1-3H3,(H,17,19,21). The van der Waals surface area contributed by atoms with Crippen LogP contribution in [0.25, 0.3) is 5.65 Å². The maximum absolute atomic E-state index is 12.2. The molecule has 0 atom stereocenters. The average molecular weight is 304 g/mol. The highest BCUT2D eigenvalue weighted by molar-refractivity contribution is 5.90. The van der Waals surface area contributed by atoms with Crippen LogP contribution in [0.2, 0.25) is 0 Å². The number of amides is 1. The Balaban J connectivity index is 2.10. The summed E-state index contributed by atoms with van der Waals surface area (Å²) in [6.07, 6.45) is 4.83. The van der Waals surface area contributed by atoms with Crippen LogP contribution in [0.15, 0.2) is 18.3 Å². The van der Waals surface area contributed by atoms with Crippen molar-refractivity contribution in [2.45, 2.75) is 58.5 Å². The van der Waals surface area contributed by atoms with Crippen molar-refractivity contribution in [2.75, 3.05) is 5.32 Å². The van der Waals surface area contributed by atoms with Gasteiger partial charge >= 0.3 is 0 Å². The molecule has 6 heteroatoms. The van der Waals surface area contributed by atoms with Crippen molar-refractivity contribution in [2.24, 2.45) is 0 Å². The molecule has 0 unspecified atom stereocenters. The topological polar surface area (TPSA) is 79.5 Å². The third-order valence-electron chi connectivity index (χ3n) is 3.74. The second-order valence-electron chi connectivity index (χ2n) is 5.91. The molecule has 2 aromatic heterocycles. The Kier molecular flexibility index (Phi) is 5.13. The molecular formula is C16H24N4O2. The maximum Gasteiger partial charge on any atom is 0.235 e. The van der Waals surface area contributed by atoms with Gasteiger partial charge in [0.1, 0.15) is 0 Å². The van der Waals surface area contributed by atoms with Crippen LogP contribution in [-0.4, -0.2) is 31.2 Å². The molecule has 0 radical (unpaired) electrons. The summed E-state index contributed by atoms with van der Waals surface area (Å²) in [5.41, 5.74) is 0.829. The zero-order valence-electron chi connectivity index (χ0n) is 13.5. The lowest BCUT2D eigenvalue weighted by Crippen LogP contribution is -2.34. The monoisotopic (exact) mass is 304 g/mol. The summed E-state index contributed by atoms with van der Waals surface area (Å²) in [5, 5.41) is 21.3. The van der Waals surface area contributed by atoms with Crippen LogP contribution in [0.4, 0.5) is 5.95 Å². The van der Waals surface area contributed by atoms with E-state index in [0.717, 1.165) is 18.4 Å². The molecule has 0 aliphatic carbocycles. The molecule has 0 bridgehead atoms. The Hall–Kier alpha value is -1.95. The van der Waals surface area contributed by atoms with Gasteiger partial charge in [0, 0.05) is 6.20 Å². The second-order valence-corrected chi connectivity index (χ2v) is 5.91. The minimum atomic E-state index is -0.940. The van der Waals surface area contributed by atoms with Gasteiger partial charge in [0.15, 0.2) is 5.65 Å². The van der Waals surface area contributed by atoms with Crippen LogP contribution in [0.1, 0.15) is 51.5 Å². The van der Waals surface area contributed by atoms with Crippen LogP contribution in [0.3, 0.4) is 0 Å². The largest absolute Gasteiger partial charge is 0.389 e. The molecule has 0 aromatic carbocycles. The summed E-state index contributed by atoms with van der Waals surface area (Å²) in [6.45, 7) is 5.99. The third kappa shape index (κ3) is 3.82. The Morgan fingerprint density at radius 1 is 1.32 bits per heavy atom. The summed E-state index contributed by atoms with van der Waals surface area (Å²) in [7, 11) is 0. The van der Waals surface area contributed by atoms with Crippen molar-refractivity contribution >= 4 is 17.5 Å². The van der Waals surface area contributed by atoms with Crippen LogP contribution < -0.4 is 5.32 Å². The molecule has 0 aliphatic heterocycles. The van der Waals surface area contributed by atoms with E-state index in [1.807, 2.05) is 39.1 Å². The number of hydrogen-bond donors (Lipinski definition) is 2. The molecule has 2 heterocycles. The average Bonchev–Trinajstić information content (AvgIpc) is 2.81. The summed E-state index contributed by atoms with van der Waals surface area (Å²) in [6, 6.07) is 3.82. The minimum absolute atomic E-state index is 0.0788. The SMILES string of the molecule is CCCC(O)(CCC)CC(=O)Nc1nnc2cc(C)ccn12. The van der Waals surface area contributed by atoms with Gasteiger partial charge in [-0.1, -0.05) is 26.7 Å². The molecule has 120 valence electrons. The van der Waals surface area contributed by atoms with Crippen molar-refractivity contribution in [1.29, 1.82) is 0 Å².